The van der Waals surface area contributed by atoms with Crippen LogP contribution in [-0.4, -0.2) is 50.6 Å². The third-order valence-electron chi connectivity index (χ3n) is 2.26. The first-order valence-electron chi connectivity index (χ1n) is 5.18. The zero-order valence-corrected chi connectivity index (χ0v) is 10.3. The molecule has 1 saturated heterocycles. The molecular formula is C9H16N4S2. The van der Waals surface area contributed by atoms with Crippen LogP contribution in [0.3, 0.4) is 0 Å². The highest BCUT2D eigenvalue weighted by atomic mass is 32.2. The minimum absolute atomic E-state index is 0.658. The van der Waals surface area contributed by atoms with Gasteiger partial charge < -0.3 is 5.32 Å². The van der Waals surface area contributed by atoms with Gasteiger partial charge in [-0.15, -0.1) is 5.10 Å². The molecule has 0 bridgehead atoms. The maximum atomic E-state index is 3.93. The fourth-order valence-corrected chi connectivity index (χ4v) is 3.94. The summed E-state index contributed by atoms with van der Waals surface area (Å²) in [5.74, 6) is 5.08. The lowest BCUT2D eigenvalue weighted by Crippen LogP contribution is -2.35. The van der Waals surface area contributed by atoms with E-state index >= 15 is 0 Å². The van der Waals surface area contributed by atoms with Gasteiger partial charge in [0.1, 0.15) is 0 Å². The molecule has 4 nitrogen and oxygen atoms in total. The van der Waals surface area contributed by atoms with E-state index in [1.54, 1.807) is 6.20 Å². The second-order valence-electron chi connectivity index (χ2n) is 3.47. The Morgan fingerprint density at radius 2 is 2.13 bits per heavy atom. The highest BCUT2D eigenvalue weighted by molar-refractivity contribution is 8.03. The van der Waals surface area contributed by atoms with E-state index in [4.69, 9.17) is 0 Å². The molecule has 0 radical (unpaired) electrons. The van der Waals surface area contributed by atoms with E-state index < -0.39 is 0 Å². The van der Waals surface area contributed by atoms with Gasteiger partial charge in [0.15, 0.2) is 0 Å². The topological polar surface area (TPSA) is 42.7 Å². The van der Waals surface area contributed by atoms with Gasteiger partial charge in [0.2, 0.25) is 0 Å². The molecule has 0 atom stereocenters. The number of hydrogen-bond acceptors (Lipinski definition) is 5. The lowest BCUT2D eigenvalue weighted by molar-refractivity contribution is 0.512. The molecule has 0 aliphatic carbocycles. The van der Waals surface area contributed by atoms with Crippen LogP contribution < -0.4 is 5.32 Å². The lowest BCUT2D eigenvalue weighted by atomic mass is 10.4. The summed E-state index contributed by atoms with van der Waals surface area (Å²) in [5.41, 5.74) is 0. The van der Waals surface area contributed by atoms with E-state index in [2.05, 4.69) is 39.2 Å². The van der Waals surface area contributed by atoms with Crippen molar-refractivity contribution < 1.29 is 0 Å². The highest BCUT2D eigenvalue weighted by Gasteiger charge is 2.11. The second kappa shape index (κ2) is 6.40. The van der Waals surface area contributed by atoms with Gasteiger partial charge >= 0.3 is 0 Å². The Balaban J connectivity index is 1.64. The number of rotatable bonds is 4. The smallest absolute Gasteiger partial charge is 0.0692 e. The van der Waals surface area contributed by atoms with Crippen LogP contribution in [0.25, 0.3) is 0 Å². The molecule has 1 N–H and O–H groups in total. The Hall–Kier alpha value is -0.200. The SMILES string of the molecule is c1cn(CCNC2CSCCSC2)nn1. The fourth-order valence-electron chi connectivity index (χ4n) is 1.47. The fraction of sp³-hybridized carbons (Fsp3) is 0.778. The van der Waals surface area contributed by atoms with Gasteiger partial charge in [0.05, 0.1) is 12.7 Å². The van der Waals surface area contributed by atoms with Crippen LogP contribution in [0.4, 0.5) is 0 Å². The monoisotopic (exact) mass is 244 g/mol. The average Bonchev–Trinajstić information content (AvgIpc) is 2.62. The van der Waals surface area contributed by atoms with E-state index in [1.165, 1.54) is 23.0 Å². The van der Waals surface area contributed by atoms with Crippen molar-refractivity contribution in [3.05, 3.63) is 12.4 Å². The van der Waals surface area contributed by atoms with Crippen molar-refractivity contribution in [3.8, 4) is 0 Å². The van der Waals surface area contributed by atoms with Gasteiger partial charge in [0.25, 0.3) is 0 Å². The minimum Gasteiger partial charge on any atom is -0.310 e. The number of thioether (sulfide) groups is 2. The number of hydrogen-bond donors (Lipinski definition) is 1. The summed E-state index contributed by atoms with van der Waals surface area (Å²) < 4.78 is 1.87. The molecule has 1 aromatic heterocycles. The molecule has 1 aromatic rings. The maximum Gasteiger partial charge on any atom is 0.0692 e. The predicted molar refractivity (Wildman–Crippen MR) is 66.5 cm³/mol. The molecule has 0 spiro atoms. The average molecular weight is 244 g/mol. The Labute approximate surface area is 98.6 Å². The van der Waals surface area contributed by atoms with Crippen LogP contribution in [0.2, 0.25) is 0 Å². The zero-order chi connectivity index (χ0) is 10.3. The summed E-state index contributed by atoms with van der Waals surface area (Å²) in [4.78, 5) is 0. The molecule has 2 heterocycles. The van der Waals surface area contributed by atoms with Gasteiger partial charge in [-0.25, -0.2) is 0 Å². The number of aromatic nitrogens is 3. The normalized spacial score (nSPS) is 18.9. The van der Waals surface area contributed by atoms with Crippen molar-refractivity contribution in [1.82, 2.24) is 20.3 Å². The molecule has 2 rings (SSSR count). The van der Waals surface area contributed by atoms with Gasteiger partial charge in [-0.1, -0.05) is 5.21 Å². The summed E-state index contributed by atoms with van der Waals surface area (Å²) in [7, 11) is 0. The maximum absolute atomic E-state index is 3.93. The van der Waals surface area contributed by atoms with Gasteiger partial charge in [-0.3, -0.25) is 4.68 Å². The van der Waals surface area contributed by atoms with E-state index in [1.807, 2.05) is 10.9 Å². The zero-order valence-electron chi connectivity index (χ0n) is 8.63. The van der Waals surface area contributed by atoms with Crippen molar-refractivity contribution in [1.29, 1.82) is 0 Å². The van der Waals surface area contributed by atoms with Crippen LogP contribution in [0.15, 0.2) is 12.4 Å². The first kappa shape index (κ1) is 11.3. The van der Waals surface area contributed by atoms with Gasteiger partial charge in [0, 0.05) is 41.8 Å². The van der Waals surface area contributed by atoms with E-state index in [9.17, 15) is 0 Å². The van der Waals surface area contributed by atoms with E-state index in [-0.39, 0.29) is 0 Å². The largest absolute Gasteiger partial charge is 0.310 e. The number of nitrogens with zero attached hydrogens (tertiary/aromatic N) is 3. The Bertz CT molecular complexity index is 257. The van der Waals surface area contributed by atoms with Crippen molar-refractivity contribution in [2.75, 3.05) is 29.6 Å². The summed E-state index contributed by atoms with van der Waals surface area (Å²) >= 11 is 4.11. The van der Waals surface area contributed by atoms with Gasteiger partial charge in [-0.05, 0) is 0 Å². The van der Waals surface area contributed by atoms with Crippen molar-refractivity contribution >= 4 is 23.5 Å². The Morgan fingerprint density at radius 3 is 2.80 bits per heavy atom. The lowest BCUT2D eigenvalue weighted by Gasteiger charge is -2.14. The quantitative estimate of drug-likeness (QED) is 0.845. The summed E-state index contributed by atoms with van der Waals surface area (Å²) in [6, 6.07) is 0.658. The number of nitrogens with one attached hydrogen (secondary N) is 1. The molecule has 0 aromatic carbocycles. The Morgan fingerprint density at radius 1 is 1.33 bits per heavy atom. The van der Waals surface area contributed by atoms with Crippen LogP contribution in [0, 0.1) is 0 Å². The molecular weight excluding hydrogens is 228 g/mol. The molecule has 0 unspecified atom stereocenters. The highest BCUT2D eigenvalue weighted by Crippen LogP contribution is 2.16. The standard InChI is InChI=1S/C9H16N4S2/c1(3-13-4-2-11-12-13)10-9-7-14-5-6-15-8-9/h2,4,9-10H,1,3,5-8H2. The third-order valence-corrected chi connectivity index (χ3v) is 4.78. The van der Waals surface area contributed by atoms with Crippen LogP contribution in [0.1, 0.15) is 0 Å². The summed E-state index contributed by atoms with van der Waals surface area (Å²) in [6.07, 6.45) is 3.62. The molecule has 6 heteroatoms. The third kappa shape index (κ3) is 4.04. The molecule has 0 saturated carbocycles. The van der Waals surface area contributed by atoms with E-state index in [0.29, 0.717) is 6.04 Å². The molecule has 1 aliphatic heterocycles. The van der Waals surface area contributed by atoms with Crippen LogP contribution >= 0.6 is 23.5 Å². The minimum atomic E-state index is 0.658. The van der Waals surface area contributed by atoms with Crippen LogP contribution in [0.5, 0.6) is 0 Å². The molecule has 84 valence electrons. The predicted octanol–water partition coefficient (Wildman–Crippen LogP) is 0.716. The first-order valence-corrected chi connectivity index (χ1v) is 7.49. The van der Waals surface area contributed by atoms with Crippen molar-refractivity contribution in [2.45, 2.75) is 12.6 Å². The second-order valence-corrected chi connectivity index (χ2v) is 5.77. The van der Waals surface area contributed by atoms with Gasteiger partial charge in [-0.2, -0.15) is 23.5 Å². The molecule has 1 fully saturated rings. The van der Waals surface area contributed by atoms with Crippen LogP contribution in [-0.2, 0) is 6.54 Å². The van der Waals surface area contributed by atoms with E-state index in [0.717, 1.165) is 13.1 Å². The summed E-state index contributed by atoms with van der Waals surface area (Å²) in [5, 5.41) is 11.3. The van der Waals surface area contributed by atoms with Crippen molar-refractivity contribution in [2.24, 2.45) is 0 Å². The first-order chi connectivity index (χ1) is 7.45. The van der Waals surface area contributed by atoms with Crippen molar-refractivity contribution in [3.63, 3.8) is 0 Å². The molecule has 0 amide bonds. The molecule has 15 heavy (non-hydrogen) atoms. The molecule has 1 aliphatic rings. The Kier molecular flexibility index (Phi) is 4.82. The summed E-state index contributed by atoms with van der Waals surface area (Å²) in [6.45, 7) is 1.89.